The van der Waals surface area contributed by atoms with E-state index in [-0.39, 0.29) is 18.7 Å². The van der Waals surface area contributed by atoms with Crippen LogP contribution in [0.2, 0.25) is 0 Å². The third-order valence-corrected chi connectivity index (χ3v) is 4.46. The van der Waals surface area contributed by atoms with Gasteiger partial charge in [-0.05, 0) is 24.8 Å². The van der Waals surface area contributed by atoms with Crippen molar-refractivity contribution in [3.8, 4) is 0 Å². The first-order chi connectivity index (χ1) is 11.1. The van der Waals surface area contributed by atoms with Crippen LogP contribution in [-0.4, -0.2) is 40.2 Å². The summed E-state index contributed by atoms with van der Waals surface area (Å²) in [6.45, 7) is 0.155. The van der Waals surface area contributed by atoms with Gasteiger partial charge in [-0.2, -0.15) is 0 Å². The van der Waals surface area contributed by atoms with Gasteiger partial charge in [0, 0.05) is 12.1 Å². The second-order valence-electron chi connectivity index (χ2n) is 5.88. The molecule has 7 nitrogen and oxygen atoms in total. The van der Waals surface area contributed by atoms with Crippen molar-refractivity contribution in [3.05, 3.63) is 35.9 Å². The topological polar surface area (TPSA) is 95.9 Å². The van der Waals surface area contributed by atoms with Gasteiger partial charge in [0.1, 0.15) is 6.61 Å². The summed E-state index contributed by atoms with van der Waals surface area (Å²) in [5.41, 5.74) is 0.875. The number of ether oxygens (including phenoxy) is 1. The maximum absolute atomic E-state index is 12.2. The number of hydrogen-bond acceptors (Lipinski definition) is 4. The number of carboxylic acid groups (broad SMARTS) is 1. The number of fused-ring (bicyclic) bond motifs is 2. The minimum absolute atomic E-state index is 0.155. The van der Waals surface area contributed by atoms with Crippen LogP contribution < -0.4 is 5.32 Å². The molecule has 0 radical (unpaired) electrons. The Labute approximate surface area is 133 Å². The van der Waals surface area contributed by atoms with Crippen LogP contribution in [0, 0.1) is 5.92 Å². The van der Waals surface area contributed by atoms with E-state index in [2.05, 4.69) is 5.32 Å². The number of alkyl carbamates (subject to hydrolysis) is 1. The summed E-state index contributed by atoms with van der Waals surface area (Å²) in [5, 5.41) is 11.8. The van der Waals surface area contributed by atoms with Gasteiger partial charge in [0.15, 0.2) is 0 Å². The second kappa shape index (κ2) is 6.28. The van der Waals surface area contributed by atoms with Crippen molar-refractivity contribution in [2.75, 3.05) is 0 Å². The molecule has 2 fully saturated rings. The maximum Gasteiger partial charge on any atom is 0.414 e. The lowest BCUT2D eigenvalue weighted by molar-refractivity contribution is -0.130. The van der Waals surface area contributed by atoms with Gasteiger partial charge in [-0.25, -0.2) is 14.5 Å². The van der Waals surface area contributed by atoms with Crippen LogP contribution in [-0.2, 0) is 16.1 Å². The van der Waals surface area contributed by atoms with Crippen LogP contribution >= 0.6 is 0 Å². The van der Waals surface area contributed by atoms with E-state index in [1.54, 1.807) is 0 Å². The van der Waals surface area contributed by atoms with Gasteiger partial charge >= 0.3 is 12.2 Å². The van der Waals surface area contributed by atoms with Crippen molar-refractivity contribution < 1.29 is 24.2 Å². The molecular weight excluding hydrogens is 300 g/mol. The fourth-order valence-corrected chi connectivity index (χ4v) is 3.35. The van der Waals surface area contributed by atoms with Gasteiger partial charge in [0.2, 0.25) is 5.91 Å². The highest BCUT2D eigenvalue weighted by Crippen LogP contribution is 2.36. The van der Waals surface area contributed by atoms with E-state index in [0.29, 0.717) is 19.3 Å². The molecule has 0 spiro atoms. The number of nitrogens with zero attached hydrogens (tertiary/aromatic N) is 1. The molecule has 1 heterocycles. The summed E-state index contributed by atoms with van der Waals surface area (Å²) in [6, 6.07) is 8.66. The average molecular weight is 318 g/mol. The fraction of sp³-hybridized carbons (Fsp3) is 0.438. The molecular formula is C16H18N2O5. The van der Waals surface area contributed by atoms with E-state index >= 15 is 0 Å². The van der Waals surface area contributed by atoms with Crippen molar-refractivity contribution in [1.82, 2.24) is 10.2 Å². The fourth-order valence-electron chi connectivity index (χ4n) is 3.35. The molecule has 1 aromatic rings. The zero-order valence-electron chi connectivity index (χ0n) is 12.5. The minimum atomic E-state index is -1.21. The van der Waals surface area contributed by atoms with Crippen LogP contribution in [0.1, 0.15) is 24.8 Å². The number of rotatable bonds is 3. The molecule has 0 aromatic heterocycles. The molecule has 3 atom stereocenters. The van der Waals surface area contributed by atoms with Crippen molar-refractivity contribution in [2.45, 2.75) is 38.0 Å². The molecule has 23 heavy (non-hydrogen) atoms. The van der Waals surface area contributed by atoms with Crippen molar-refractivity contribution in [2.24, 2.45) is 5.92 Å². The first kappa shape index (κ1) is 15.3. The summed E-state index contributed by atoms with van der Waals surface area (Å²) < 4.78 is 5.16. The summed E-state index contributed by atoms with van der Waals surface area (Å²) in [6.07, 6.45) is -0.188. The van der Waals surface area contributed by atoms with Gasteiger partial charge in [0.05, 0.1) is 5.92 Å². The first-order valence-electron chi connectivity index (χ1n) is 7.59. The number of carbonyl (C=O) groups is 3. The largest absolute Gasteiger partial charge is 0.465 e. The summed E-state index contributed by atoms with van der Waals surface area (Å²) in [4.78, 5) is 36.1. The van der Waals surface area contributed by atoms with Gasteiger partial charge in [-0.3, -0.25) is 4.79 Å². The van der Waals surface area contributed by atoms with E-state index in [0.717, 1.165) is 10.5 Å². The minimum Gasteiger partial charge on any atom is -0.465 e. The molecule has 1 saturated carbocycles. The highest BCUT2D eigenvalue weighted by molar-refractivity contribution is 5.95. The third-order valence-electron chi connectivity index (χ3n) is 4.46. The normalized spacial score (nSPS) is 26.0. The lowest BCUT2D eigenvalue weighted by atomic mass is 9.85. The molecule has 3 amide bonds. The molecule has 2 aliphatic rings. The zero-order chi connectivity index (χ0) is 16.4. The average Bonchev–Trinajstić information content (AvgIpc) is 2.81. The van der Waals surface area contributed by atoms with Gasteiger partial charge in [0.25, 0.3) is 0 Å². The highest BCUT2D eigenvalue weighted by atomic mass is 16.5. The van der Waals surface area contributed by atoms with Crippen LogP contribution in [0.5, 0.6) is 0 Å². The van der Waals surface area contributed by atoms with Gasteiger partial charge in [-0.1, -0.05) is 30.3 Å². The van der Waals surface area contributed by atoms with Gasteiger partial charge < -0.3 is 15.2 Å². The molecule has 1 aliphatic heterocycles. The number of amides is 3. The van der Waals surface area contributed by atoms with Gasteiger partial charge in [-0.15, -0.1) is 0 Å². The predicted octanol–water partition coefficient (Wildman–Crippen LogP) is 1.97. The Hall–Kier alpha value is -2.57. The molecule has 2 N–H and O–H groups in total. The quantitative estimate of drug-likeness (QED) is 0.888. The molecule has 122 valence electrons. The van der Waals surface area contributed by atoms with E-state index in [9.17, 15) is 14.4 Å². The Morgan fingerprint density at radius 3 is 2.70 bits per heavy atom. The van der Waals surface area contributed by atoms with Crippen LogP contribution in [0.3, 0.4) is 0 Å². The van der Waals surface area contributed by atoms with Crippen molar-refractivity contribution in [1.29, 1.82) is 0 Å². The number of likely N-dealkylation sites (tertiary alicyclic amines) is 1. The van der Waals surface area contributed by atoms with Crippen molar-refractivity contribution in [3.63, 3.8) is 0 Å². The number of benzene rings is 1. The van der Waals surface area contributed by atoms with E-state index < -0.39 is 24.0 Å². The molecule has 1 aromatic carbocycles. The predicted molar refractivity (Wildman–Crippen MR) is 79.6 cm³/mol. The van der Waals surface area contributed by atoms with Crippen LogP contribution in [0.25, 0.3) is 0 Å². The van der Waals surface area contributed by atoms with E-state index in [1.165, 1.54) is 0 Å². The Morgan fingerprint density at radius 1 is 1.26 bits per heavy atom. The molecule has 2 bridgehead atoms. The third kappa shape index (κ3) is 3.13. The maximum atomic E-state index is 12.2. The lowest BCUT2D eigenvalue weighted by Gasteiger charge is -2.27. The Balaban J connectivity index is 1.55. The number of hydrogen-bond donors (Lipinski definition) is 2. The standard InChI is InChI=1S/C16H18N2O5/c19-14-12-8-11(18(14)16(21)22)6-7-13(12)17-15(20)23-9-10-4-2-1-3-5-10/h1-5,11-13H,6-9H2,(H,17,20)(H,21,22)/t11-,12-,13+/m1/s1. The number of imide groups is 1. The Bertz CT molecular complexity index is 618. The molecule has 0 unspecified atom stereocenters. The van der Waals surface area contributed by atoms with Crippen LogP contribution in [0.15, 0.2) is 30.3 Å². The molecule has 1 aliphatic carbocycles. The Kier molecular flexibility index (Phi) is 4.18. The second-order valence-corrected chi connectivity index (χ2v) is 5.88. The summed E-state index contributed by atoms with van der Waals surface area (Å²) >= 11 is 0. The molecule has 1 saturated heterocycles. The Morgan fingerprint density at radius 2 is 2.00 bits per heavy atom. The number of nitrogens with one attached hydrogen (secondary N) is 1. The van der Waals surface area contributed by atoms with E-state index in [4.69, 9.17) is 9.84 Å². The first-order valence-corrected chi connectivity index (χ1v) is 7.59. The summed E-state index contributed by atoms with van der Waals surface area (Å²) in [5.74, 6) is -0.900. The summed E-state index contributed by atoms with van der Waals surface area (Å²) in [7, 11) is 0. The van der Waals surface area contributed by atoms with E-state index in [1.807, 2.05) is 30.3 Å². The zero-order valence-corrected chi connectivity index (χ0v) is 12.5. The molecule has 7 heteroatoms. The smallest absolute Gasteiger partial charge is 0.414 e. The monoisotopic (exact) mass is 318 g/mol. The number of carbonyl (C=O) groups excluding carboxylic acids is 2. The SMILES string of the molecule is O=C(N[C@H]1CC[C@@H]2C[C@H]1C(=O)N2C(=O)O)OCc1ccccc1. The van der Waals surface area contributed by atoms with Crippen LogP contribution in [0.4, 0.5) is 9.59 Å². The highest BCUT2D eigenvalue weighted by Gasteiger charge is 2.50. The lowest BCUT2D eigenvalue weighted by Crippen LogP contribution is -2.44. The molecule has 3 rings (SSSR count). The van der Waals surface area contributed by atoms with Crippen molar-refractivity contribution >= 4 is 18.1 Å².